The first-order valence-corrected chi connectivity index (χ1v) is 8.20. The van der Waals surface area contributed by atoms with Crippen LogP contribution in [0.5, 0.6) is 0 Å². The highest BCUT2D eigenvalue weighted by Gasteiger charge is 2.14. The molecule has 1 heterocycles. The molecule has 0 aromatic carbocycles. The van der Waals surface area contributed by atoms with Gasteiger partial charge in [0.05, 0.1) is 0 Å². The predicted molar refractivity (Wildman–Crippen MR) is 93.3 cm³/mol. The molecule has 0 bridgehead atoms. The fraction of sp³-hybridized carbons (Fsp3) is 0.588. The van der Waals surface area contributed by atoms with E-state index in [4.69, 9.17) is 4.74 Å². The fourth-order valence-electron chi connectivity index (χ4n) is 1.63. The Morgan fingerprint density at radius 3 is 2.10 bits per heavy atom. The van der Waals surface area contributed by atoms with Crippen LogP contribution in [0.4, 0.5) is 0 Å². The fourth-order valence-corrected chi connectivity index (χ4v) is 2.93. The van der Waals surface area contributed by atoms with Crippen molar-refractivity contribution in [1.29, 1.82) is 0 Å². The lowest BCUT2D eigenvalue weighted by molar-refractivity contribution is -0.136. The number of rotatable bonds is 3. The summed E-state index contributed by atoms with van der Waals surface area (Å²) in [5, 5.41) is 0. The van der Waals surface area contributed by atoms with Crippen molar-refractivity contribution in [2.75, 3.05) is 20.0 Å². The topological polar surface area (TPSA) is 35.5 Å². The van der Waals surface area contributed by atoms with Gasteiger partial charge in [-0.3, -0.25) is 4.79 Å². The van der Waals surface area contributed by atoms with E-state index in [1.54, 1.807) is 21.1 Å². The van der Waals surface area contributed by atoms with Gasteiger partial charge in [-0.05, 0) is 38.8 Å². The zero-order chi connectivity index (χ0) is 16.8. The van der Waals surface area contributed by atoms with E-state index in [1.807, 2.05) is 38.6 Å². The van der Waals surface area contributed by atoms with E-state index in [0.29, 0.717) is 5.76 Å². The van der Waals surface area contributed by atoms with E-state index in [1.165, 1.54) is 17.4 Å². The number of carbonyl (C=O) groups excluding carboxylic acids is 1. The highest BCUT2D eigenvalue weighted by molar-refractivity contribution is 8.03. The molecule has 0 unspecified atom stereocenters. The molecular formula is C17H30O3S. The summed E-state index contributed by atoms with van der Waals surface area (Å²) in [6, 6.07) is 0. The Bertz CT molecular complexity index is 393. The molecule has 0 aromatic heterocycles. The standard InChI is InChI=1S/C13H18O2S.C2H6O.C2H6/c1-5-12(8-10(3)15-11(4)14)13-9(2)6-7-16-13;1-3-2;1-2/h5,8H,6-7H2,1-4H3;1-2H3;1-2H3/b10-8+,12-5+;;. The van der Waals surface area contributed by atoms with E-state index < -0.39 is 0 Å². The first-order chi connectivity index (χ1) is 9.96. The average Bonchev–Trinajstić information content (AvgIpc) is 2.84. The van der Waals surface area contributed by atoms with Crippen molar-refractivity contribution in [3.8, 4) is 0 Å². The zero-order valence-electron chi connectivity index (χ0n) is 14.7. The molecule has 0 spiro atoms. The summed E-state index contributed by atoms with van der Waals surface area (Å²) in [4.78, 5) is 12.1. The molecule has 1 aliphatic heterocycles. The predicted octanol–water partition coefficient (Wildman–Crippen LogP) is 5.10. The lowest BCUT2D eigenvalue weighted by Crippen LogP contribution is -1.96. The molecule has 4 heteroatoms. The van der Waals surface area contributed by atoms with Crippen molar-refractivity contribution in [3.05, 3.63) is 34.0 Å². The summed E-state index contributed by atoms with van der Waals surface area (Å²) < 4.78 is 9.28. The number of thioether (sulfide) groups is 1. The smallest absolute Gasteiger partial charge is 0.307 e. The molecule has 0 amide bonds. The van der Waals surface area contributed by atoms with Gasteiger partial charge in [0.15, 0.2) is 0 Å². The molecule has 0 saturated carbocycles. The van der Waals surface area contributed by atoms with E-state index in [2.05, 4.69) is 17.7 Å². The average molecular weight is 314 g/mol. The van der Waals surface area contributed by atoms with E-state index >= 15 is 0 Å². The Balaban J connectivity index is 0. The van der Waals surface area contributed by atoms with Crippen LogP contribution in [0.1, 0.15) is 48.0 Å². The van der Waals surface area contributed by atoms with Crippen molar-refractivity contribution in [3.63, 3.8) is 0 Å². The van der Waals surface area contributed by atoms with Gasteiger partial charge in [0, 0.05) is 31.8 Å². The normalized spacial score (nSPS) is 14.9. The number of hydrogen-bond donors (Lipinski definition) is 0. The van der Waals surface area contributed by atoms with Gasteiger partial charge in [-0.1, -0.05) is 25.5 Å². The number of allylic oxidation sites excluding steroid dienone is 5. The van der Waals surface area contributed by atoms with Crippen molar-refractivity contribution in [2.24, 2.45) is 0 Å². The van der Waals surface area contributed by atoms with E-state index in [-0.39, 0.29) is 5.97 Å². The summed E-state index contributed by atoms with van der Waals surface area (Å²) in [5.41, 5.74) is 2.57. The molecule has 21 heavy (non-hydrogen) atoms. The molecule has 0 aromatic rings. The maximum Gasteiger partial charge on any atom is 0.307 e. The van der Waals surface area contributed by atoms with Gasteiger partial charge in [-0.15, -0.1) is 11.8 Å². The largest absolute Gasteiger partial charge is 0.432 e. The number of hydrogen-bond acceptors (Lipinski definition) is 4. The Labute approximate surface area is 134 Å². The van der Waals surface area contributed by atoms with Crippen LogP contribution in [0.2, 0.25) is 0 Å². The summed E-state index contributed by atoms with van der Waals surface area (Å²) in [6.07, 6.45) is 5.14. The van der Waals surface area contributed by atoms with Gasteiger partial charge in [-0.2, -0.15) is 0 Å². The lowest BCUT2D eigenvalue weighted by atomic mass is 10.1. The monoisotopic (exact) mass is 314 g/mol. The Kier molecular flexibility index (Phi) is 14.8. The van der Waals surface area contributed by atoms with E-state index in [0.717, 1.165) is 17.7 Å². The molecule has 1 aliphatic rings. The van der Waals surface area contributed by atoms with Crippen molar-refractivity contribution >= 4 is 17.7 Å². The van der Waals surface area contributed by atoms with Gasteiger partial charge >= 0.3 is 5.97 Å². The maximum atomic E-state index is 10.8. The van der Waals surface area contributed by atoms with Crippen LogP contribution in [0.3, 0.4) is 0 Å². The van der Waals surface area contributed by atoms with E-state index in [9.17, 15) is 4.79 Å². The highest BCUT2D eigenvalue weighted by atomic mass is 32.2. The quantitative estimate of drug-likeness (QED) is 0.412. The second-order valence-corrected chi connectivity index (χ2v) is 5.31. The van der Waals surface area contributed by atoms with Crippen molar-refractivity contribution in [1.82, 2.24) is 0 Å². The minimum atomic E-state index is -0.269. The second kappa shape index (κ2) is 14.0. The van der Waals surface area contributed by atoms with Crippen molar-refractivity contribution < 1.29 is 14.3 Å². The van der Waals surface area contributed by atoms with Crippen LogP contribution >= 0.6 is 11.8 Å². The van der Waals surface area contributed by atoms with Gasteiger partial charge in [0.1, 0.15) is 5.76 Å². The molecule has 0 radical (unpaired) electrons. The summed E-state index contributed by atoms with van der Waals surface area (Å²) >= 11 is 1.87. The molecule has 0 atom stereocenters. The number of methoxy groups -OCH3 is 1. The first kappa shape index (κ1) is 22.3. The maximum absolute atomic E-state index is 10.8. The van der Waals surface area contributed by atoms with Crippen LogP contribution in [0, 0.1) is 0 Å². The minimum Gasteiger partial charge on any atom is -0.432 e. The summed E-state index contributed by atoms with van der Waals surface area (Å²) in [6.45, 7) is 11.4. The Hall–Kier alpha value is -1.00. The summed E-state index contributed by atoms with van der Waals surface area (Å²) in [5.74, 6) is 1.53. The summed E-state index contributed by atoms with van der Waals surface area (Å²) in [7, 11) is 3.25. The molecule has 0 saturated heterocycles. The minimum absolute atomic E-state index is 0.269. The van der Waals surface area contributed by atoms with Crippen LogP contribution in [0.15, 0.2) is 34.0 Å². The third kappa shape index (κ3) is 10.4. The molecule has 1 rings (SSSR count). The van der Waals surface area contributed by atoms with Crippen LogP contribution in [-0.2, 0) is 14.3 Å². The molecule has 122 valence electrons. The highest BCUT2D eigenvalue weighted by Crippen LogP contribution is 2.37. The SMILES string of the molecule is C/C=C(\C=C(/C)OC(C)=O)C1=C(C)CCS1.CC.COC. The molecule has 0 N–H and O–H groups in total. The van der Waals surface area contributed by atoms with Gasteiger partial charge in [0.2, 0.25) is 0 Å². The molecule has 0 aliphatic carbocycles. The first-order valence-electron chi connectivity index (χ1n) is 7.22. The number of esters is 1. The van der Waals surface area contributed by atoms with Crippen LogP contribution < -0.4 is 0 Å². The van der Waals surface area contributed by atoms with Gasteiger partial charge in [0.25, 0.3) is 0 Å². The van der Waals surface area contributed by atoms with Crippen LogP contribution in [-0.4, -0.2) is 25.9 Å². The molecule has 0 fully saturated rings. The zero-order valence-corrected chi connectivity index (χ0v) is 15.5. The lowest BCUT2D eigenvalue weighted by Gasteiger charge is -2.06. The molecule has 3 nitrogen and oxygen atoms in total. The van der Waals surface area contributed by atoms with Gasteiger partial charge < -0.3 is 9.47 Å². The van der Waals surface area contributed by atoms with Gasteiger partial charge in [-0.25, -0.2) is 0 Å². The van der Waals surface area contributed by atoms with Crippen LogP contribution in [0.25, 0.3) is 0 Å². The number of ether oxygens (including phenoxy) is 2. The third-order valence-corrected chi connectivity index (χ3v) is 3.63. The Morgan fingerprint density at radius 2 is 1.76 bits per heavy atom. The second-order valence-electron chi connectivity index (χ2n) is 4.21. The van der Waals surface area contributed by atoms with Crippen molar-refractivity contribution in [2.45, 2.75) is 48.0 Å². The molecular weight excluding hydrogens is 284 g/mol. The Morgan fingerprint density at radius 1 is 1.24 bits per heavy atom. The number of carbonyl (C=O) groups is 1. The third-order valence-electron chi connectivity index (χ3n) is 2.35.